The van der Waals surface area contributed by atoms with Crippen LogP contribution < -0.4 is 10.6 Å². The van der Waals surface area contributed by atoms with Crippen LogP contribution in [0.25, 0.3) is 17.4 Å². The molecule has 1 aromatic carbocycles. The molecule has 1 aromatic heterocycles. The number of hydrogen-bond donors (Lipinski definition) is 2. The second-order valence-electron chi connectivity index (χ2n) is 4.29. The summed E-state index contributed by atoms with van der Waals surface area (Å²) in [5, 5.41) is 5.52. The minimum Gasteiger partial charge on any atom is -0.457 e. The zero-order chi connectivity index (χ0) is 15.0. The molecule has 1 aliphatic heterocycles. The van der Waals surface area contributed by atoms with E-state index in [4.69, 9.17) is 27.6 Å². The van der Waals surface area contributed by atoms with Gasteiger partial charge in [-0.2, -0.15) is 0 Å². The first-order chi connectivity index (χ1) is 10.0. The molecule has 0 bridgehead atoms. The molecule has 1 aliphatic rings. The maximum atomic E-state index is 11.4. The largest absolute Gasteiger partial charge is 0.457 e. The Hall–Kier alpha value is -2.24. The van der Waals surface area contributed by atoms with Crippen LogP contribution in [0.4, 0.5) is 4.79 Å². The Kier molecular flexibility index (Phi) is 3.45. The molecule has 1 saturated heterocycles. The Morgan fingerprint density at radius 3 is 2.57 bits per heavy atom. The summed E-state index contributed by atoms with van der Waals surface area (Å²) in [7, 11) is 0. The maximum Gasteiger partial charge on any atom is 0.326 e. The third-order valence-corrected chi connectivity index (χ3v) is 3.39. The van der Waals surface area contributed by atoms with E-state index in [9.17, 15) is 9.59 Å². The number of furan rings is 1. The van der Waals surface area contributed by atoms with Crippen molar-refractivity contribution < 1.29 is 14.0 Å². The summed E-state index contributed by atoms with van der Waals surface area (Å²) in [6.07, 6.45) is 1.43. The van der Waals surface area contributed by atoms with Crippen molar-refractivity contribution in [2.75, 3.05) is 0 Å². The van der Waals surface area contributed by atoms with Crippen LogP contribution in [0.1, 0.15) is 5.76 Å². The van der Waals surface area contributed by atoms with E-state index in [-0.39, 0.29) is 5.70 Å². The van der Waals surface area contributed by atoms with E-state index >= 15 is 0 Å². The van der Waals surface area contributed by atoms with E-state index < -0.39 is 11.9 Å². The van der Waals surface area contributed by atoms with Crippen molar-refractivity contribution in [3.63, 3.8) is 0 Å². The third-order valence-electron chi connectivity index (χ3n) is 2.83. The molecule has 3 amide bonds. The zero-order valence-corrected chi connectivity index (χ0v) is 12.0. The summed E-state index contributed by atoms with van der Waals surface area (Å²) in [4.78, 5) is 22.4. The third kappa shape index (κ3) is 2.79. The van der Waals surface area contributed by atoms with Gasteiger partial charge in [-0.15, -0.1) is 0 Å². The van der Waals surface area contributed by atoms with Crippen LogP contribution in [0.3, 0.4) is 0 Å². The normalized spacial score (nSPS) is 16.2. The van der Waals surface area contributed by atoms with Gasteiger partial charge in [0.2, 0.25) is 0 Å². The molecule has 0 radical (unpaired) electrons. The summed E-state index contributed by atoms with van der Waals surface area (Å²) in [6, 6.07) is 7.85. The van der Waals surface area contributed by atoms with Crippen LogP contribution in [0.5, 0.6) is 0 Å². The summed E-state index contributed by atoms with van der Waals surface area (Å²) >= 11 is 12.0. The molecule has 0 unspecified atom stereocenters. The van der Waals surface area contributed by atoms with E-state index in [1.807, 2.05) is 0 Å². The molecule has 0 spiro atoms. The van der Waals surface area contributed by atoms with Crippen molar-refractivity contribution in [2.24, 2.45) is 0 Å². The number of carbonyl (C=O) groups excluding carboxylic acids is 2. The van der Waals surface area contributed by atoms with Crippen LogP contribution in [-0.2, 0) is 4.79 Å². The van der Waals surface area contributed by atoms with E-state index in [1.165, 1.54) is 6.08 Å². The highest BCUT2D eigenvalue weighted by Crippen LogP contribution is 2.32. The van der Waals surface area contributed by atoms with Gasteiger partial charge in [0.1, 0.15) is 17.2 Å². The number of urea groups is 1. The molecule has 2 aromatic rings. The molecule has 1 fully saturated rings. The molecule has 3 rings (SSSR count). The van der Waals surface area contributed by atoms with Gasteiger partial charge in [0.15, 0.2) is 0 Å². The van der Waals surface area contributed by atoms with Crippen LogP contribution in [0.15, 0.2) is 40.4 Å². The standard InChI is InChI=1S/C14H8Cl2N2O3/c15-7-1-3-10(16)9(5-7)12-4-2-8(21-12)6-11-13(19)18-14(20)17-11/h1-6H,(H2,17,18,19,20). The van der Waals surface area contributed by atoms with Crippen molar-refractivity contribution >= 4 is 41.2 Å². The van der Waals surface area contributed by atoms with Gasteiger partial charge in [-0.3, -0.25) is 10.1 Å². The fraction of sp³-hybridized carbons (Fsp3) is 0. The predicted molar refractivity (Wildman–Crippen MR) is 78.8 cm³/mol. The summed E-state index contributed by atoms with van der Waals surface area (Å²) < 4.78 is 5.60. The number of imide groups is 1. The molecule has 0 aliphatic carbocycles. The first-order valence-electron chi connectivity index (χ1n) is 5.92. The molecule has 2 heterocycles. The lowest BCUT2D eigenvalue weighted by atomic mass is 10.2. The quantitative estimate of drug-likeness (QED) is 0.657. The highest BCUT2D eigenvalue weighted by Gasteiger charge is 2.23. The number of amides is 3. The summed E-state index contributed by atoms with van der Waals surface area (Å²) in [5.41, 5.74) is 0.770. The number of carbonyl (C=O) groups is 2. The van der Waals surface area contributed by atoms with Crippen molar-refractivity contribution in [1.29, 1.82) is 0 Å². The Morgan fingerprint density at radius 2 is 1.86 bits per heavy atom. The fourth-order valence-corrected chi connectivity index (χ4v) is 2.27. The summed E-state index contributed by atoms with van der Waals surface area (Å²) in [6.45, 7) is 0. The smallest absolute Gasteiger partial charge is 0.326 e. The van der Waals surface area contributed by atoms with Crippen LogP contribution >= 0.6 is 23.2 Å². The molecule has 7 heteroatoms. The van der Waals surface area contributed by atoms with Gasteiger partial charge in [0.05, 0.1) is 5.02 Å². The lowest BCUT2D eigenvalue weighted by Crippen LogP contribution is -2.22. The Balaban J connectivity index is 1.94. The van der Waals surface area contributed by atoms with Gasteiger partial charge in [0, 0.05) is 16.7 Å². The second-order valence-corrected chi connectivity index (χ2v) is 5.14. The first-order valence-corrected chi connectivity index (χ1v) is 6.68. The van der Waals surface area contributed by atoms with Gasteiger partial charge in [0.25, 0.3) is 5.91 Å². The lowest BCUT2D eigenvalue weighted by molar-refractivity contribution is -0.115. The maximum absolute atomic E-state index is 11.4. The lowest BCUT2D eigenvalue weighted by Gasteiger charge is -2.01. The molecule has 106 valence electrons. The number of halogens is 2. The number of hydrogen-bond acceptors (Lipinski definition) is 3. The van der Waals surface area contributed by atoms with E-state index in [1.54, 1.807) is 30.3 Å². The summed E-state index contributed by atoms with van der Waals surface area (Å²) in [5.74, 6) is 0.422. The van der Waals surface area contributed by atoms with E-state index in [0.29, 0.717) is 27.1 Å². The molecule has 0 saturated carbocycles. The minimum absolute atomic E-state index is 0.123. The van der Waals surface area contributed by atoms with Gasteiger partial charge in [-0.05, 0) is 30.3 Å². The Bertz CT molecular complexity index is 780. The Morgan fingerprint density at radius 1 is 1.05 bits per heavy atom. The van der Waals surface area contributed by atoms with Crippen LogP contribution in [0.2, 0.25) is 10.0 Å². The van der Waals surface area contributed by atoms with Gasteiger partial charge in [-0.1, -0.05) is 23.2 Å². The highest BCUT2D eigenvalue weighted by molar-refractivity contribution is 6.35. The van der Waals surface area contributed by atoms with Crippen LogP contribution in [0, 0.1) is 0 Å². The van der Waals surface area contributed by atoms with E-state index in [0.717, 1.165) is 0 Å². The van der Waals surface area contributed by atoms with Crippen molar-refractivity contribution in [1.82, 2.24) is 10.6 Å². The Labute approximate surface area is 129 Å². The predicted octanol–water partition coefficient (Wildman–Crippen LogP) is 3.43. The average molecular weight is 323 g/mol. The molecule has 5 nitrogen and oxygen atoms in total. The molecular formula is C14H8Cl2N2O3. The minimum atomic E-state index is -0.559. The SMILES string of the molecule is O=C1NC(=O)C(=Cc2ccc(-c3cc(Cl)ccc3Cl)o2)N1. The molecular weight excluding hydrogens is 315 g/mol. The molecule has 21 heavy (non-hydrogen) atoms. The number of rotatable bonds is 2. The number of nitrogens with one attached hydrogen (secondary N) is 2. The van der Waals surface area contributed by atoms with Gasteiger partial charge >= 0.3 is 6.03 Å². The zero-order valence-electron chi connectivity index (χ0n) is 10.4. The van der Waals surface area contributed by atoms with Crippen molar-refractivity contribution in [3.8, 4) is 11.3 Å². The van der Waals surface area contributed by atoms with Crippen molar-refractivity contribution in [3.05, 3.63) is 51.8 Å². The molecule has 0 atom stereocenters. The van der Waals surface area contributed by atoms with Crippen LogP contribution in [-0.4, -0.2) is 11.9 Å². The second kappa shape index (κ2) is 5.27. The fourth-order valence-electron chi connectivity index (χ4n) is 1.89. The molecule has 2 N–H and O–H groups in total. The number of benzene rings is 1. The van der Waals surface area contributed by atoms with Crippen molar-refractivity contribution in [2.45, 2.75) is 0 Å². The van der Waals surface area contributed by atoms with E-state index in [2.05, 4.69) is 10.6 Å². The van der Waals surface area contributed by atoms with Gasteiger partial charge in [-0.25, -0.2) is 4.79 Å². The van der Waals surface area contributed by atoms with Gasteiger partial charge < -0.3 is 9.73 Å². The average Bonchev–Trinajstić information content (AvgIpc) is 3.00. The monoisotopic (exact) mass is 322 g/mol. The topological polar surface area (TPSA) is 71.3 Å². The first kappa shape index (κ1) is 13.7. The highest BCUT2D eigenvalue weighted by atomic mass is 35.5.